The molecule has 0 fully saturated rings. The molecule has 0 N–H and O–H groups in total. The standard InChI is InChI=1S/C7H10N.ClHO4/c1-7-5-3-4-6-8(7)2;2-1(3,4)5/h3-6H,1-2H3;(H,2,3,4,5)/q+1;/p-1. The smallest absolute Gasteiger partial charge is 0.177 e. The van der Waals surface area contributed by atoms with E-state index in [1.165, 1.54) is 5.69 Å². The van der Waals surface area contributed by atoms with Crippen LogP contribution in [0.5, 0.6) is 0 Å². The Morgan fingerprint density at radius 3 is 1.85 bits per heavy atom. The summed E-state index contributed by atoms with van der Waals surface area (Å²) < 4.78 is 36.1. The van der Waals surface area contributed by atoms with Crippen LogP contribution in [0.15, 0.2) is 24.4 Å². The molecule has 0 saturated carbocycles. The highest BCUT2D eigenvalue weighted by Gasteiger charge is 1.91. The SMILES string of the molecule is Cc1cccc[n+]1C.[O-][Cl+3]([O-])([O-])[O-]. The summed E-state index contributed by atoms with van der Waals surface area (Å²) in [6, 6.07) is 6.14. The van der Waals surface area contributed by atoms with Crippen LogP contribution in [0.4, 0.5) is 0 Å². The van der Waals surface area contributed by atoms with Crippen molar-refractivity contribution >= 4 is 0 Å². The van der Waals surface area contributed by atoms with Gasteiger partial charge in [-0.2, -0.15) is 0 Å². The third-order valence-corrected chi connectivity index (χ3v) is 1.31. The second-order valence-electron chi connectivity index (χ2n) is 2.33. The Bertz CT molecular complexity index is 234. The van der Waals surface area contributed by atoms with Crippen molar-refractivity contribution in [1.82, 2.24) is 0 Å². The predicted molar refractivity (Wildman–Crippen MR) is 32.4 cm³/mol. The molecule has 1 rings (SSSR count). The van der Waals surface area contributed by atoms with Gasteiger partial charge in [-0.3, -0.25) is 0 Å². The molecule has 0 aliphatic rings. The lowest BCUT2D eigenvalue weighted by molar-refractivity contribution is -2.00. The number of hydrogen-bond donors (Lipinski definition) is 0. The molecule has 0 unspecified atom stereocenters. The van der Waals surface area contributed by atoms with E-state index in [0.717, 1.165) is 0 Å². The number of halogens is 1. The summed E-state index contributed by atoms with van der Waals surface area (Å²) in [6.45, 7) is 2.08. The summed E-state index contributed by atoms with van der Waals surface area (Å²) >= 11 is 0. The van der Waals surface area contributed by atoms with Crippen LogP contribution in [0.1, 0.15) is 5.69 Å². The van der Waals surface area contributed by atoms with Gasteiger partial charge in [-0.05, 0) is 0 Å². The van der Waals surface area contributed by atoms with Crippen molar-refractivity contribution in [2.24, 2.45) is 7.05 Å². The molecule has 0 saturated heterocycles. The molecular formula is C7H10ClNO4. The highest BCUT2D eigenvalue weighted by molar-refractivity contribution is 4.93. The maximum absolute atomic E-state index is 8.49. The van der Waals surface area contributed by atoms with Gasteiger partial charge in [-0.15, -0.1) is 10.2 Å². The first-order valence-corrected chi connectivity index (χ1v) is 4.57. The topological polar surface area (TPSA) is 96.1 Å². The Labute approximate surface area is 78.2 Å². The Morgan fingerprint density at radius 2 is 1.62 bits per heavy atom. The lowest BCUT2D eigenvalue weighted by atomic mass is 10.4. The van der Waals surface area contributed by atoms with Gasteiger partial charge >= 0.3 is 0 Å². The maximum Gasteiger partial charge on any atom is 0.177 e. The number of hydrogen-bond acceptors (Lipinski definition) is 4. The fourth-order valence-corrected chi connectivity index (χ4v) is 0.609. The van der Waals surface area contributed by atoms with Crippen molar-refractivity contribution in [3.8, 4) is 0 Å². The van der Waals surface area contributed by atoms with Crippen LogP contribution >= 0.6 is 0 Å². The van der Waals surface area contributed by atoms with Gasteiger partial charge in [0, 0.05) is 19.1 Å². The van der Waals surface area contributed by atoms with Crippen molar-refractivity contribution in [3.05, 3.63) is 30.1 Å². The van der Waals surface area contributed by atoms with Gasteiger partial charge < -0.3 is 0 Å². The summed E-state index contributed by atoms with van der Waals surface area (Å²) in [5, 5.41) is 0. The molecule has 0 amide bonds. The van der Waals surface area contributed by atoms with Crippen LogP contribution < -0.4 is 23.2 Å². The summed E-state index contributed by atoms with van der Waals surface area (Å²) in [4.78, 5) is 0. The van der Waals surface area contributed by atoms with E-state index < -0.39 is 10.2 Å². The highest BCUT2D eigenvalue weighted by atomic mass is 35.7. The average Bonchev–Trinajstić information content (AvgIpc) is 1.92. The van der Waals surface area contributed by atoms with Crippen LogP contribution in [0.25, 0.3) is 0 Å². The first kappa shape index (κ1) is 12.3. The quantitative estimate of drug-likeness (QED) is 0.406. The van der Waals surface area contributed by atoms with E-state index in [0.29, 0.717) is 0 Å². The largest absolute Gasteiger partial charge is 0.222 e. The van der Waals surface area contributed by atoms with Crippen LogP contribution in [-0.4, -0.2) is 0 Å². The molecular weight excluding hydrogens is 198 g/mol. The predicted octanol–water partition coefficient (Wildman–Crippen LogP) is -3.94. The lowest BCUT2D eigenvalue weighted by Crippen LogP contribution is -2.68. The fraction of sp³-hybridized carbons (Fsp3) is 0.286. The minimum atomic E-state index is -4.94. The van der Waals surface area contributed by atoms with Gasteiger partial charge in [-0.25, -0.2) is 23.2 Å². The van der Waals surface area contributed by atoms with Crippen LogP contribution in [0.2, 0.25) is 0 Å². The molecule has 0 aromatic carbocycles. The number of rotatable bonds is 0. The third-order valence-electron chi connectivity index (χ3n) is 1.31. The van der Waals surface area contributed by atoms with E-state index in [2.05, 4.69) is 17.6 Å². The van der Waals surface area contributed by atoms with Gasteiger partial charge in [-0.1, -0.05) is 6.07 Å². The Balaban J connectivity index is 0.000000252. The normalized spacial score (nSPS) is 10.3. The number of pyridine rings is 1. The van der Waals surface area contributed by atoms with E-state index in [9.17, 15) is 0 Å². The van der Waals surface area contributed by atoms with Gasteiger partial charge in [0.25, 0.3) is 0 Å². The van der Waals surface area contributed by atoms with Crippen molar-refractivity contribution in [1.29, 1.82) is 0 Å². The Kier molecular flexibility index (Phi) is 4.82. The number of aryl methyl sites for hydroxylation is 2. The molecule has 74 valence electrons. The Morgan fingerprint density at radius 1 is 1.15 bits per heavy atom. The minimum Gasteiger partial charge on any atom is -0.222 e. The van der Waals surface area contributed by atoms with E-state index in [-0.39, 0.29) is 0 Å². The highest BCUT2D eigenvalue weighted by Crippen LogP contribution is 1.83. The zero-order chi connectivity index (χ0) is 10.5. The van der Waals surface area contributed by atoms with Crippen molar-refractivity contribution in [3.63, 3.8) is 0 Å². The molecule has 5 nitrogen and oxygen atoms in total. The van der Waals surface area contributed by atoms with Crippen molar-refractivity contribution in [2.45, 2.75) is 6.92 Å². The molecule has 0 radical (unpaired) electrons. The van der Waals surface area contributed by atoms with Gasteiger partial charge in [0.2, 0.25) is 0 Å². The van der Waals surface area contributed by atoms with Gasteiger partial charge in [0.05, 0.1) is 0 Å². The monoisotopic (exact) mass is 207 g/mol. The molecule has 13 heavy (non-hydrogen) atoms. The molecule has 0 spiro atoms. The summed E-state index contributed by atoms with van der Waals surface area (Å²) in [7, 11) is -2.91. The second-order valence-corrected chi connectivity index (χ2v) is 3.09. The summed E-state index contributed by atoms with van der Waals surface area (Å²) in [5.74, 6) is 0. The van der Waals surface area contributed by atoms with Crippen molar-refractivity contribution < 1.29 is 33.4 Å². The molecule has 0 aliphatic carbocycles. The molecule has 0 bridgehead atoms. The zero-order valence-corrected chi connectivity index (χ0v) is 8.02. The lowest BCUT2D eigenvalue weighted by Gasteiger charge is -2.17. The zero-order valence-electron chi connectivity index (χ0n) is 7.27. The summed E-state index contributed by atoms with van der Waals surface area (Å²) in [6.07, 6.45) is 2.04. The molecule has 6 heteroatoms. The second kappa shape index (κ2) is 5.11. The molecule has 0 aliphatic heterocycles. The molecule has 1 aromatic rings. The molecule has 1 aromatic heterocycles. The van der Waals surface area contributed by atoms with Gasteiger partial charge in [0.15, 0.2) is 11.9 Å². The van der Waals surface area contributed by atoms with E-state index >= 15 is 0 Å². The maximum atomic E-state index is 8.49. The molecule has 1 heterocycles. The van der Waals surface area contributed by atoms with E-state index in [4.69, 9.17) is 18.6 Å². The minimum absolute atomic E-state index is 1.28. The van der Waals surface area contributed by atoms with Crippen LogP contribution in [0.3, 0.4) is 0 Å². The Hall–Kier alpha value is -0.720. The number of aromatic nitrogens is 1. The fourth-order valence-electron chi connectivity index (χ4n) is 0.609. The van der Waals surface area contributed by atoms with Crippen molar-refractivity contribution in [2.75, 3.05) is 0 Å². The van der Waals surface area contributed by atoms with E-state index in [1.54, 1.807) is 0 Å². The summed E-state index contributed by atoms with van der Waals surface area (Å²) in [5.41, 5.74) is 1.28. The van der Waals surface area contributed by atoms with Crippen LogP contribution in [0, 0.1) is 17.2 Å². The molecule has 0 atom stereocenters. The van der Waals surface area contributed by atoms with E-state index in [1.807, 2.05) is 25.4 Å². The first-order chi connectivity index (χ1) is 5.80. The first-order valence-electron chi connectivity index (χ1n) is 3.33. The van der Waals surface area contributed by atoms with Crippen LogP contribution in [-0.2, 0) is 7.05 Å². The number of nitrogens with zero attached hydrogens (tertiary/aromatic N) is 1. The third kappa shape index (κ3) is 9.19. The average molecular weight is 208 g/mol. The van der Waals surface area contributed by atoms with Gasteiger partial charge in [0.1, 0.15) is 7.05 Å².